The average Bonchev–Trinajstić information content (AvgIpc) is 2.80. The maximum Gasteiger partial charge on any atom is 0.126 e. The maximum absolute atomic E-state index is 12.7. The first-order valence-electron chi connectivity index (χ1n) is 13.4. The highest BCUT2D eigenvalue weighted by Crippen LogP contribution is 2.23. The van der Waals surface area contributed by atoms with Crippen molar-refractivity contribution in [2.75, 3.05) is 0 Å². The van der Waals surface area contributed by atoms with E-state index in [1.807, 2.05) is 47.6 Å². The van der Waals surface area contributed by atoms with Gasteiger partial charge in [0.15, 0.2) is 0 Å². The molecule has 3 heteroatoms. The topological polar surface area (TPSA) is 0 Å². The van der Waals surface area contributed by atoms with Crippen LogP contribution in [0.15, 0.2) is 66.7 Å². The fourth-order valence-corrected chi connectivity index (χ4v) is 2.80. The van der Waals surface area contributed by atoms with E-state index in [2.05, 4.69) is 65.8 Å². The molecule has 0 saturated heterocycles. The van der Waals surface area contributed by atoms with Gasteiger partial charge < -0.3 is 0 Å². The zero-order valence-corrected chi connectivity index (χ0v) is 25.4. The fourth-order valence-electron chi connectivity index (χ4n) is 2.80. The number of rotatable bonds is 1. The third-order valence-corrected chi connectivity index (χ3v) is 4.94. The quantitative estimate of drug-likeness (QED) is 0.302. The van der Waals surface area contributed by atoms with Crippen LogP contribution < -0.4 is 0 Å². The van der Waals surface area contributed by atoms with Gasteiger partial charge in [-0.2, -0.15) is 0 Å². The smallest absolute Gasteiger partial charge is 0.126 e. The van der Waals surface area contributed by atoms with Crippen LogP contribution in [0.2, 0.25) is 0 Å². The molecule has 0 aliphatic rings. The van der Waals surface area contributed by atoms with Crippen LogP contribution in [0.25, 0.3) is 0 Å². The van der Waals surface area contributed by atoms with Gasteiger partial charge >= 0.3 is 0 Å². The monoisotopic (exact) mass is 516 g/mol. The van der Waals surface area contributed by atoms with E-state index < -0.39 is 11.6 Å². The zero-order chi connectivity index (χ0) is 29.2. The standard InChI is InChI=1S/C11H16.C10H12F2.C8H9F.C3H8.C2H6/c1-9-5-7-10(8-6-9)11(2,3)4;1-10(2,3)7-4-8(11)6-9(12)5-7;1-2-7-4-3-5-8(9)6-7;1-3-2;1-2/h5-8H,1-4H3;4-6H,1-3H3;3-6H,2H2,1H3;3H2,1-2H3;1-2H3. The van der Waals surface area contributed by atoms with Crippen molar-refractivity contribution in [2.24, 2.45) is 0 Å². The fraction of sp³-hybridized carbons (Fsp3) is 0.471. The molecule has 3 aromatic carbocycles. The van der Waals surface area contributed by atoms with E-state index in [4.69, 9.17) is 0 Å². The number of benzene rings is 3. The lowest BCUT2D eigenvalue weighted by Crippen LogP contribution is -2.11. The van der Waals surface area contributed by atoms with Crippen molar-refractivity contribution < 1.29 is 13.2 Å². The summed E-state index contributed by atoms with van der Waals surface area (Å²) in [5.74, 6) is -1.17. The minimum Gasteiger partial charge on any atom is -0.207 e. The molecule has 37 heavy (non-hydrogen) atoms. The molecule has 0 aromatic heterocycles. The van der Waals surface area contributed by atoms with Crippen molar-refractivity contribution in [2.45, 2.75) is 107 Å². The van der Waals surface area contributed by atoms with Crippen molar-refractivity contribution in [1.82, 2.24) is 0 Å². The molecule has 0 N–H and O–H groups in total. The van der Waals surface area contributed by atoms with Crippen LogP contribution in [-0.2, 0) is 17.3 Å². The van der Waals surface area contributed by atoms with Gasteiger partial charge in [-0.3, -0.25) is 0 Å². The summed E-state index contributed by atoms with van der Waals surface area (Å²) in [6.07, 6.45) is 2.15. The van der Waals surface area contributed by atoms with Crippen LogP contribution >= 0.6 is 0 Å². The van der Waals surface area contributed by atoms with Crippen molar-refractivity contribution in [3.8, 4) is 0 Å². The van der Waals surface area contributed by atoms with E-state index in [-0.39, 0.29) is 16.6 Å². The summed E-state index contributed by atoms with van der Waals surface area (Å²) in [5.41, 5.74) is 4.55. The molecule has 0 aliphatic carbocycles. The molecule has 3 rings (SSSR count). The van der Waals surface area contributed by atoms with Crippen molar-refractivity contribution in [1.29, 1.82) is 0 Å². The zero-order valence-electron chi connectivity index (χ0n) is 25.4. The molecule has 0 saturated carbocycles. The Hall–Kier alpha value is -2.55. The highest BCUT2D eigenvalue weighted by Gasteiger charge is 2.15. The summed E-state index contributed by atoms with van der Waals surface area (Å²) >= 11 is 0. The van der Waals surface area contributed by atoms with Gasteiger partial charge in [-0.05, 0) is 65.1 Å². The lowest BCUT2D eigenvalue weighted by Gasteiger charge is -2.18. The Morgan fingerprint density at radius 2 is 1.00 bits per heavy atom. The molecule has 0 fully saturated rings. The van der Waals surface area contributed by atoms with Crippen LogP contribution in [0.1, 0.15) is 105 Å². The second kappa shape index (κ2) is 18.7. The van der Waals surface area contributed by atoms with Gasteiger partial charge in [0.25, 0.3) is 0 Å². The van der Waals surface area contributed by atoms with Crippen LogP contribution in [0.5, 0.6) is 0 Å². The highest BCUT2D eigenvalue weighted by atomic mass is 19.1. The lowest BCUT2D eigenvalue weighted by molar-refractivity contribution is 0.545. The maximum atomic E-state index is 12.7. The SMILES string of the molecule is CC.CC(C)(C)c1cc(F)cc(F)c1.CCC.CCc1cccc(F)c1.Cc1ccc(C(C)(C)C)cc1. The molecule has 0 unspecified atom stereocenters. The molecule has 0 spiro atoms. The van der Waals surface area contributed by atoms with E-state index >= 15 is 0 Å². The number of hydrogen-bond donors (Lipinski definition) is 0. The van der Waals surface area contributed by atoms with E-state index in [1.165, 1.54) is 35.7 Å². The molecule has 3 aromatic rings. The third kappa shape index (κ3) is 17.5. The summed E-state index contributed by atoms with van der Waals surface area (Å²) in [5, 5.41) is 0. The Bertz CT molecular complexity index is 955. The second-order valence-electron chi connectivity index (χ2n) is 10.7. The van der Waals surface area contributed by atoms with Crippen molar-refractivity contribution >= 4 is 0 Å². The largest absolute Gasteiger partial charge is 0.207 e. The first-order valence-corrected chi connectivity index (χ1v) is 13.4. The third-order valence-electron chi connectivity index (χ3n) is 4.94. The van der Waals surface area contributed by atoms with E-state index in [9.17, 15) is 13.2 Å². The van der Waals surface area contributed by atoms with E-state index in [0.29, 0.717) is 5.56 Å². The summed E-state index contributed by atoms with van der Waals surface area (Å²) in [7, 11) is 0. The van der Waals surface area contributed by atoms with Crippen molar-refractivity contribution in [3.05, 3.63) is 106 Å². The van der Waals surface area contributed by atoms with Gasteiger partial charge in [-0.15, -0.1) is 0 Å². The number of halogens is 3. The second-order valence-corrected chi connectivity index (χ2v) is 10.7. The van der Waals surface area contributed by atoms with E-state index in [0.717, 1.165) is 18.1 Å². The molecule has 0 aliphatic heterocycles. The van der Waals surface area contributed by atoms with Gasteiger partial charge in [0.1, 0.15) is 17.5 Å². The Morgan fingerprint density at radius 1 is 0.568 bits per heavy atom. The van der Waals surface area contributed by atoms with Gasteiger partial charge in [-0.1, -0.05) is 125 Å². The van der Waals surface area contributed by atoms with Crippen LogP contribution in [0, 0.1) is 24.4 Å². The van der Waals surface area contributed by atoms with Crippen LogP contribution in [0.4, 0.5) is 13.2 Å². The van der Waals surface area contributed by atoms with Crippen LogP contribution in [0.3, 0.4) is 0 Å². The molecule has 0 amide bonds. The van der Waals surface area contributed by atoms with Crippen LogP contribution in [-0.4, -0.2) is 0 Å². The Kier molecular flexibility index (Phi) is 18.5. The summed E-state index contributed by atoms with van der Waals surface area (Å²) < 4.78 is 37.8. The van der Waals surface area contributed by atoms with E-state index in [1.54, 1.807) is 12.1 Å². The molecule has 208 valence electrons. The Labute approximate surface area is 226 Å². The predicted octanol–water partition coefficient (Wildman–Crippen LogP) is 11.4. The minimum absolute atomic E-state index is 0.144. The van der Waals surface area contributed by atoms with Gasteiger partial charge in [0, 0.05) is 6.07 Å². The first-order chi connectivity index (χ1) is 17.1. The average molecular weight is 517 g/mol. The molecule has 0 radical (unpaired) electrons. The molecule has 0 atom stereocenters. The Morgan fingerprint density at radius 3 is 1.32 bits per heavy atom. The predicted molar refractivity (Wildman–Crippen MR) is 158 cm³/mol. The molecule has 0 bridgehead atoms. The summed E-state index contributed by atoms with van der Waals surface area (Å²) in [6.45, 7) is 24.8. The van der Waals surface area contributed by atoms with Gasteiger partial charge in [-0.25, -0.2) is 13.2 Å². The Balaban J connectivity index is 0. The van der Waals surface area contributed by atoms with Gasteiger partial charge in [0.05, 0.1) is 0 Å². The molecule has 0 heterocycles. The lowest BCUT2D eigenvalue weighted by atomic mass is 9.87. The molecular weight excluding hydrogens is 465 g/mol. The summed E-state index contributed by atoms with van der Waals surface area (Å²) in [6, 6.07) is 19.0. The molecule has 0 nitrogen and oxygen atoms in total. The molecular formula is C34H51F3. The number of aryl methyl sites for hydroxylation is 2. The normalized spacial score (nSPS) is 10.2. The number of hydrogen-bond acceptors (Lipinski definition) is 0. The summed E-state index contributed by atoms with van der Waals surface area (Å²) in [4.78, 5) is 0. The first kappa shape index (κ1) is 36.6. The highest BCUT2D eigenvalue weighted by molar-refractivity contribution is 5.26. The van der Waals surface area contributed by atoms with Crippen molar-refractivity contribution in [3.63, 3.8) is 0 Å². The van der Waals surface area contributed by atoms with Gasteiger partial charge in [0.2, 0.25) is 0 Å². The minimum atomic E-state index is -0.514.